The summed E-state index contributed by atoms with van der Waals surface area (Å²) in [5.41, 5.74) is 1.12. The van der Waals surface area contributed by atoms with E-state index in [1.54, 1.807) is 18.9 Å². The van der Waals surface area contributed by atoms with Crippen molar-refractivity contribution in [3.05, 3.63) is 29.8 Å². The number of hydrogen-bond donors (Lipinski definition) is 0. The molecule has 3 rings (SSSR count). The number of hydrogen-bond acceptors (Lipinski definition) is 4. The fraction of sp³-hybridized carbons (Fsp3) is 0.417. The Kier molecular flexibility index (Phi) is 2.63. The minimum absolute atomic E-state index is 0.0842. The fourth-order valence-corrected chi connectivity index (χ4v) is 3.62. The molecule has 0 aromatic heterocycles. The van der Waals surface area contributed by atoms with Crippen LogP contribution in [-0.4, -0.2) is 36.5 Å². The van der Waals surface area contributed by atoms with Crippen LogP contribution in [0.1, 0.15) is 10.9 Å². The molecule has 4 nitrogen and oxygen atoms in total. The van der Waals surface area contributed by atoms with Crippen molar-refractivity contribution in [3.63, 3.8) is 0 Å². The number of thioether (sulfide) groups is 1. The van der Waals surface area contributed by atoms with Gasteiger partial charge in [0.1, 0.15) is 17.7 Å². The van der Waals surface area contributed by atoms with Crippen molar-refractivity contribution >= 4 is 17.9 Å². The van der Waals surface area contributed by atoms with E-state index in [1.165, 1.54) is 0 Å². The van der Waals surface area contributed by atoms with E-state index in [4.69, 9.17) is 9.47 Å². The standard InChI is InChI=1S/C12H13NO3S/c1-15-10-4-2-8(3-5-10)11-13-9(7-17-11)6-16-12(13)14/h2-5,9,11H,6-7H2,1H3. The van der Waals surface area contributed by atoms with E-state index < -0.39 is 0 Å². The van der Waals surface area contributed by atoms with Crippen molar-refractivity contribution in [2.75, 3.05) is 19.5 Å². The van der Waals surface area contributed by atoms with Crippen LogP contribution in [0.2, 0.25) is 0 Å². The third kappa shape index (κ3) is 1.74. The second-order valence-electron chi connectivity index (χ2n) is 4.10. The lowest BCUT2D eigenvalue weighted by atomic mass is 10.2. The van der Waals surface area contributed by atoms with Crippen molar-refractivity contribution in [3.8, 4) is 5.75 Å². The predicted molar refractivity (Wildman–Crippen MR) is 65.2 cm³/mol. The van der Waals surface area contributed by atoms with Gasteiger partial charge in [-0.05, 0) is 17.7 Å². The Labute approximate surface area is 104 Å². The second-order valence-corrected chi connectivity index (χ2v) is 5.21. The van der Waals surface area contributed by atoms with Crippen LogP contribution in [0.3, 0.4) is 0 Å². The number of ether oxygens (including phenoxy) is 2. The predicted octanol–water partition coefficient (Wildman–Crippen LogP) is 2.26. The zero-order valence-electron chi connectivity index (χ0n) is 9.46. The summed E-state index contributed by atoms with van der Waals surface area (Å²) >= 11 is 1.79. The maximum Gasteiger partial charge on any atom is 0.411 e. The van der Waals surface area contributed by atoms with Gasteiger partial charge in [-0.1, -0.05) is 12.1 Å². The van der Waals surface area contributed by atoms with Crippen LogP contribution in [0, 0.1) is 0 Å². The molecule has 1 aromatic rings. The minimum atomic E-state index is -0.194. The van der Waals surface area contributed by atoms with Gasteiger partial charge in [0.2, 0.25) is 0 Å². The van der Waals surface area contributed by atoms with E-state index in [-0.39, 0.29) is 17.5 Å². The number of nitrogens with zero attached hydrogens (tertiary/aromatic N) is 1. The fourth-order valence-electron chi connectivity index (χ4n) is 2.19. The summed E-state index contributed by atoms with van der Waals surface area (Å²) < 4.78 is 10.2. The average molecular weight is 251 g/mol. The number of methoxy groups -OCH3 is 1. The number of fused-ring (bicyclic) bond motifs is 1. The summed E-state index contributed by atoms with van der Waals surface area (Å²) in [4.78, 5) is 13.5. The molecule has 5 heteroatoms. The average Bonchev–Trinajstić information content (AvgIpc) is 2.93. The smallest absolute Gasteiger partial charge is 0.411 e. The van der Waals surface area contributed by atoms with Gasteiger partial charge in [0.05, 0.1) is 13.2 Å². The van der Waals surface area contributed by atoms with E-state index in [9.17, 15) is 4.79 Å². The molecular formula is C12H13NO3S. The van der Waals surface area contributed by atoms with Gasteiger partial charge < -0.3 is 9.47 Å². The maximum absolute atomic E-state index is 11.6. The number of benzene rings is 1. The highest BCUT2D eigenvalue weighted by Gasteiger charge is 2.44. The van der Waals surface area contributed by atoms with Crippen LogP contribution in [0.4, 0.5) is 4.79 Å². The van der Waals surface area contributed by atoms with Gasteiger partial charge in [0.25, 0.3) is 0 Å². The van der Waals surface area contributed by atoms with Crippen LogP contribution in [0.5, 0.6) is 5.75 Å². The van der Waals surface area contributed by atoms with E-state index in [2.05, 4.69) is 0 Å². The molecule has 1 aromatic carbocycles. The first-order valence-electron chi connectivity index (χ1n) is 5.50. The molecule has 0 aliphatic carbocycles. The van der Waals surface area contributed by atoms with E-state index in [0.717, 1.165) is 17.1 Å². The summed E-state index contributed by atoms with van der Waals surface area (Å²) in [6.45, 7) is 0.526. The lowest BCUT2D eigenvalue weighted by molar-refractivity contribution is 0.156. The Morgan fingerprint density at radius 2 is 2.18 bits per heavy atom. The Morgan fingerprint density at radius 1 is 1.41 bits per heavy atom. The number of carbonyl (C=O) groups is 1. The summed E-state index contributed by atoms with van der Waals surface area (Å²) in [6.07, 6.45) is -0.194. The maximum atomic E-state index is 11.6. The first kappa shape index (κ1) is 10.8. The molecule has 0 saturated carbocycles. The van der Waals surface area contributed by atoms with Gasteiger partial charge in [0, 0.05) is 5.75 Å². The van der Waals surface area contributed by atoms with Gasteiger partial charge in [-0.25, -0.2) is 4.79 Å². The van der Waals surface area contributed by atoms with Crippen LogP contribution in [0.25, 0.3) is 0 Å². The molecule has 2 saturated heterocycles. The van der Waals surface area contributed by atoms with E-state index in [1.807, 2.05) is 29.2 Å². The second kappa shape index (κ2) is 4.14. The molecule has 0 spiro atoms. The molecule has 1 amide bonds. The lowest BCUT2D eigenvalue weighted by Crippen LogP contribution is -2.30. The molecule has 0 radical (unpaired) electrons. The number of amides is 1. The molecule has 2 atom stereocenters. The SMILES string of the molecule is COc1ccc(C2SCC3COC(=O)N32)cc1. The molecule has 17 heavy (non-hydrogen) atoms. The van der Waals surface area contributed by atoms with Gasteiger partial charge in [-0.3, -0.25) is 4.90 Å². The van der Waals surface area contributed by atoms with Crippen molar-refractivity contribution in [1.82, 2.24) is 4.90 Å². The first-order chi connectivity index (χ1) is 8.29. The third-order valence-corrected chi connectivity index (χ3v) is 4.50. The molecular weight excluding hydrogens is 238 g/mol. The van der Waals surface area contributed by atoms with Gasteiger partial charge in [-0.2, -0.15) is 0 Å². The minimum Gasteiger partial charge on any atom is -0.497 e. The van der Waals surface area contributed by atoms with Crippen LogP contribution < -0.4 is 4.74 Å². The summed E-state index contributed by atoms with van der Waals surface area (Å²) in [7, 11) is 1.65. The molecule has 2 aliphatic rings. The van der Waals surface area contributed by atoms with Crippen molar-refractivity contribution < 1.29 is 14.3 Å². The van der Waals surface area contributed by atoms with Crippen molar-refractivity contribution in [2.24, 2.45) is 0 Å². The first-order valence-corrected chi connectivity index (χ1v) is 6.55. The van der Waals surface area contributed by atoms with Gasteiger partial charge in [0.15, 0.2) is 0 Å². The van der Waals surface area contributed by atoms with E-state index in [0.29, 0.717) is 6.61 Å². The molecule has 0 N–H and O–H groups in total. The lowest BCUT2D eigenvalue weighted by Gasteiger charge is -2.20. The quantitative estimate of drug-likeness (QED) is 0.808. The summed E-state index contributed by atoms with van der Waals surface area (Å²) in [5, 5.41) is 0.0842. The number of rotatable bonds is 2. The zero-order valence-corrected chi connectivity index (χ0v) is 10.3. The molecule has 2 heterocycles. The Morgan fingerprint density at radius 3 is 2.88 bits per heavy atom. The summed E-state index contributed by atoms with van der Waals surface area (Å²) in [6, 6.07) is 8.09. The van der Waals surface area contributed by atoms with Gasteiger partial charge >= 0.3 is 6.09 Å². The largest absolute Gasteiger partial charge is 0.497 e. The van der Waals surface area contributed by atoms with Crippen LogP contribution in [-0.2, 0) is 4.74 Å². The molecule has 2 fully saturated rings. The highest BCUT2D eigenvalue weighted by atomic mass is 32.2. The van der Waals surface area contributed by atoms with Crippen LogP contribution in [0.15, 0.2) is 24.3 Å². The van der Waals surface area contributed by atoms with Crippen LogP contribution >= 0.6 is 11.8 Å². The number of cyclic esters (lactones) is 1. The van der Waals surface area contributed by atoms with Crippen molar-refractivity contribution in [1.29, 1.82) is 0 Å². The Balaban J connectivity index is 1.86. The third-order valence-electron chi connectivity index (χ3n) is 3.10. The highest BCUT2D eigenvalue weighted by Crippen LogP contribution is 2.44. The Bertz CT molecular complexity index is 434. The Hall–Kier alpha value is -1.36. The van der Waals surface area contributed by atoms with E-state index >= 15 is 0 Å². The molecule has 2 unspecified atom stereocenters. The topological polar surface area (TPSA) is 38.8 Å². The van der Waals surface area contributed by atoms with Crippen molar-refractivity contribution in [2.45, 2.75) is 11.4 Å². The molecule has 90 valence electrons. The monoisotopic (exact) mass is 251 g/mol. The zero-order chi connectivity index (χ0) is 11.8. The normalized spacial score (nSPS) is 26.9. The number of carbonyl (C=O) groups excluding carboxylic acids is 1. The molecule has 0 bridgehead atoms. The summed E-state index contributed by atoms with van der Waals surface area (Å²) in [5.74, 6) is 1.78. The molecule has 2 aliphatic heterocycles. The highest BCUT2D eigenvalue weighted by molar-refractivity contribution is 7.99. The van der Waals surface area contributed by atoms with Gasteiger partial charge in [-0.15, -0.1) is 11.8 Å².